The summed E-state index contributed by atoms with van der Waals surface area (Å²) < 4.78 is 2.10. The minimum atomic E-state index is 0.833. The fraction of sp³-hybridized carbons (Fsp3) is 0.667. The minimum absolute atomic E-state index is 0.833. The van der Waals surface area contributed by atoms with E-state index in [0.717, 1.165) is 23.7 Å². The Morgan fingerprint density at radius 1 is 1.44 bits per heavy atom. The Balaban J connectivity index is 2.07. The molecule has 86 valence electrons. The number of imidazole rings is 1. The van der Waals surface area contributed by atoms with Crippen LogP contribution in [-0.2, 0) is 19.3 Å². The van der Waals surface area contributed by atoms with Crippen LogP contribution in [0.25, 0.3) is 4.96 Å². The van der Waals surface area contributed by atoms with E-state index < -0.39 is 0 Å². The van der Waals surface area contributed by atoms with E-state index in [1.807, 2.05) is 0 Å². The standard InChI is InChI=1S/C12H17N3S/c1-3-8-5-6-9-10(7-8)15-12(13-9)16-11(4-2)14-15/h8H,3-7H2,1-2H3. The molecule has 16 heavy (non-hydrogen) atoms. The molecular weight excluding hydrogens is 218 g/mol. The van der Waals surface area contributed by atoms with E-state index in [-0.39, 0.29) is 0 Å². The fourth-order valence-corrected chi connectivity index (χ4v) is 3.35. The van der Waals surface area contributed by atoms with Crippen LogP contribution < -0.4 is 0 Å². The molecule has 2 heterocycles. The third kappa shape index (κ3) is 1.47. The number of nitrogens with zero attached hydrogens (tertiary/aromatic N) is 3. The molecule has 0 spiro atoms. The first kappa shape index (κ1) is 10.3. The second-order valence-electron chi connectivity index (χ2n) is 4.57. The summed E-state index contributed by atoms with van der Waals surface area (Å²) in [7, 11) is 0. The normalized spacial score (nSPS) is 20.2. The van der Waals surface area contributed by atoms with Crippen molar-refractivity contribution in [1.82, 2.24) is 14.6 Å². The summed E-state index contributed by atoms with van der Waals surface area (Å²) in [6, 6.07) is 0. The quantitative estimate of drug-likeness (QED) is 0.801. The molecule has 0 saturated heterocycles. The molecule has 0 amide bonds. The van der Waals surface area contributed by atoms with Crippen molar-refractivity contribution in [2.24, 2.45) is 5.92 Å². The second kappa shape index (κ2) is 3.84. The second-order valence-corrected chi connectivity index (χ2v) is 5.61. The molecule has 0 radical (unpaired) electrons. The van der Waals surface area contributed by atoms with E-state index >= 15 is 0 Å². The van der Waals surface area contributed by atoms with Gasteiger partial charge in [0, 0.05) is 0 Å². The number of hydrogen-bond acceptors (Lipinski definition) is 3. The van der Waals surface area contributed by atoms with Gasteiger partial charge in [0.1, 0.15) is 5.01 Å². The Hall–Kier alpha value is -0.900. The molecule has 1 aliphatic rings. The van der Waals surface area contributed by atoms with Crippen LogP contribution in [0.2, 0.25) is 0 Å². The Morgan fingerprint density at radius 3 is 3.06 bits per heavy atom. The van der Waals surface area contributed by atoms with E-state index in [9.17, 15) is 0 Å². The number of rotatable bonds is 2. The summed E-state index contributed by atoms with van der Waals surface area (Å²) in [5.41, 5.74) is 2.68. The molecular formula is C12H17N3S. The van der Waals surface area contributed by atoms with E-state index in [0.29, 0.717) is 0 Å². The Labute approximate surface area is 99.5 Å². The minimum Gasteiger partial charge on any atom is -0.222 e. The largest absolute Gasteiger partial charge is 0.222 e. The van der Waals surface area contributed by atoms with Gasteiger partial charge in [0.25, 0.3) is 0 Å². The van der Waals surface area contributed by atoms with E-state index in [1.165, 1.54) is 35.7 Å². The predicted molar refractivity (Wildman–Crippen MR) is 66.0 cm³/mol. The summed E-state index contributed by atoms with van der Waals surface area (Å²) >= 11 is 1.74. The average molecular weight is 235 g/mol. The smallest absolute Gasteiger partial charge is 0.212 e. The topological polar surface area (TPSA) is 30.2 Å². The van der Waals surface area contributed by atoms with Crippen LogP contribution in [0.1, 0.15) is 43.1 Å². The third-order valence-corrected chi connectivity index (χ3v) is 4.63. The summed E-state index contributed by atoms with van der Waals surface area (Å²) in [5, 5.41) is 5.84. The number of hydrogen-bond donors (Lipinski definition) is 0. The summed E-state index contributed by atoms with van der Waals surface area (Å²) in [6.45, 7) is 4.44. The molecule has 2 aromatic rings. The molecule has 0 saturated carbocycles. The van der Waals surface area contributed by atoms with Crippen LogP contribution in [0.3, 0.4) is 0 Å². The lowest BCUT2D eigenvalue weighted by molar-refractivity contribution is 0.432. The van der Waals surface area contributed by atoms with Crippen molar-refractivity contribution in [2.75, 3.05) is 0 Å². The summed E-state index contributed by atoms with van der Waals surface area (Å²) in [6.07, 6.45) is 5.90. The Bertz CT molecular complexity index is 512. The highest BCUT2D eigenvalue weighted by Crippen LogP contribution is 2.29. The molecule has 1 atom stereocenters. The average Bonchev–Trinajstić information content (AvgIpc) is 2.85. The third-order valence-electron chi connectivity index (χ3n) is 3.57. The SMILES string of the molecule is CCc1nn2c3c(nc2s1)CCC(CC)C3. The van der Waals surface area contributed by atoms with Gasteiger partial charge in [-0.25, -0.2) is 9.50 Å². The lowest BCUT2D eigenvalue weighted by Crippen LogP contribution is -2.15. The molecule has 0 N–H and O–H groups in total. The maximum absolute atomic E-state index is 4.71. The van der Waals surface area contributed by atoms with Gasteiger partial charge in [-0.3, -0.25) is 0 Å². The summed E-state index contributed by atoms with van der Waals surface area (Å²) in [5.74, 6) is 0.833. The van der Waals surface area contributed by atoms with Crippen molar-refractivity contribution < 1.29 is 0 Å². The zero-order chi connectivity index (χ0) is 11.1. The van der Waals surface area contributed by atoms with E-state index in [1.54, 1.807) is 11.3 Å². The molecule has 0 fully saturated rings. The van der Waals surface area contributed by atoms with Crippen molar-refractivity contribution in [3.8, 4) is 0 Å². The molecule has 0 bridgehead atoms. The maximum atomic E-state index is 4.71. The van der Waals surface area contributed by atoms with Crippen molar-refractivity contribution in [1.29, 1.82) is 0 Å². The Kier molecular flexibility index (Phi) is 2.46. The van der Waals surface area contributed by atoms with Gasteiger partial charge in [-0.15, -0.1) is 0 Å². The highest BCUT2D eigenvalue weighted by Gasteiger charge is 2.23. The lowest BCUT2D eigenvalue weighted by Gasteiger charge is -2.19. The number of aromatic nitrogens is 3. The van der Waals surface area contributed by atoms with Gasteiger partial charge in [-0.2, -0.15) is 5.10 Å². The van der Waals surface area contributed by atoms with Crippen molar-refractivity contribution in [3.05, 3.63) is 16.4 Å². The lowest BCUT2D eigenvalue weighted by atomic mass is 9.88. The summed E-state index contributed by atoms with van der Waals surface area (Å²) in [4.78, 5) is 5.81. The van der Waals surface area contributed by atoms with Crippen LogP contribution in [0.4, 0.5) is 0 Å². The van der Waals surface area contributed by atoms with Crippen LogP contribution >= 0.6 is 11.3 Å². The van der Waals surface area contributed by atoms with Crippen LogP contribution in [0.5, 0.6) is 0 Å². The van der Waals surface area contributed by atoms with Crippen LogP contribution in [0, 0.1) is 5.92 Å². The molecule has 4 heteroatoms. The molecule has 1 unspecified atom stereocenters. The van der Waals surface area contributed by atoms with Gasteiger partial charge in [0.2, 0.25) is 4.96 Å². The predicted octanol–water partition coefficient (Wildman–Crippen LogP) is 2.87. The zero-order valence-electron chi connectivity index (χ0n) is 9.86. The van der Waals surface area contributed by atoms with Crippen molar-refractivity contribution in [3.63, 3.8) is 0 Å². The number of fused-ring (bicyclic) bond motifs is 3. The van der Waals surface area contributed by atoms with E-state index in [2.05, 4.69) is 23.5 Å². The van der Waals surface area contributed by atoms with E-state index in [4.69, 9.17) is 4.98 Å². The molecule has 3 rings (SSSR count). The highest BCUT2D eigenvalue weighted by atomic mass is 32.1. The first-order valence-electron chi connectivity index (χ1n) is 6.18. The maximum Gasteiger partial charge on any atom is 0.212 e. The van der Waals surface area contributed by atoms with Gasteiger partial charge in [-0.05, 0) is 31.6 Å². The van der Waals surface area contributed by atoms with Crippen molar-refractivity contribution >= 4 is 16.3 Å². The molecule has 0 aliphatic heterocycles. The van der Waals surface area contributed by atoms with Gasteiger partial charge in [-0.1, -0.05) is 31.6 Å². The van der Waals surface area contributed by atoms with Crippen LogP contribution in [0.15, 0.2) is 0 Å². The molecule has 3 nitrogen and oxygen atoms in total. The number of aryl methyl sites for hydroxylation is 2. The Morgan fingerprint density at radius 2 is 2.31 bits per heavy atom. The first-order chi connectivity index (χ1) is 7.81. The zero-order valence-corrected chi connectivity index (χ0v) is 10.7. The molecule has 0 aromatic carbocycles. The first-order valence-corrected chi connectivity index (χ1v) is 6.99. The monoisotopic (exact) mass is 235 g/mol. The van der Waals surface area contributed by atoms with Gasteiger partial charge < -0.3 is 0 Å². The van der Waals surface area contributed by atoms with Gasteiger partial charge >= 0.3 is 0 Å². The van der Waals surface area contributed by atoms with Crippen molar-refractivity contribution in [2.45, 2.75) is 46.0 Å². The molecule has 2 aromatic heterocycles. The fourth-order valence-electron chi connectivity index (χ4n) is 2.48. The van der Waals surface area contributed by atoms with Gasteiger partial charge in [0.05, 0.1) is 11.4 Å². The highest BCUT2D eigenvalue weighted by molar-refractivity contribution is 7.16. The van der Waals surface area contributed by atoms with Crippen LogP contribution in [-0.4, -0.2) is 14.6 Å². The van der Waals surface area contributed by atoms with Gasteiger partial charge in [0.15, 0.2) is 0 Å². The molecule has 1 aliphatic carbocycles.